The molecule has 0 aliphatic heterocycles. The van der Waals surface area contributed by atoms with Crippen LogP contribution in [0.1, 0.15) is 25.7 Å². The lowest BCUT2D eigenvalue weighted by Gasteiger charge is -2.19. The Morgan fingerprint density at radius 3 is 2.53 bits per heavy atom. The smallest absolute Gasteiger partial charge is 0.137 e. The zero-order chi connectivity index (χ0) is 12.8. The van der Waals surface area contributed by atoms with Crippen LogP contribution >= 0.6 is 0 Å². The van der Waals surface area contributed by atoms with E-state index in [-0.39, 0.29) is 5.82 Å². The Bertz CT molecular complexity index is 608. The highest BCUT2D eigenvalue weighted by Gasteiger charge is 2.41. The van der Waals surface area contributed by atoms with E-state index in [1.165, 1.54) is 37.8 Å². The summed E-state index contributed by atoms with van der Waals surface area (Å²) in [5.74, 6) is 2.12. The third-order valence-corrected chi connectivity index (χ3v) is 4.16. The van der Waals surface area contributed by atoms with E-state index in [0.29, 0.717) is 6.04 Å². The quantitative estimate of drug-likeness (QED) is 0.912. The van der Waals surface area contributed by atoms with E-state index in [0.717, 1.165) is 28.6 Å². The van der Waals surface area contributed by atoms with Gasteiger partial charge in [0, 0.05) is 11.4 Å². The molecule has 0 saturated heterocycles. The topological polar surface area (TPSA) is 37.8 Å². The Hall–Kier alpha value is -1.71. The molecule has 2 saturated carbocycles. The van der Waals surface area contributed by atoms with Crippen molar-refractivity contribution in [2.45, 2.75) is 31.7 Å². The van der Waals surface area contributed by atoms with Crippen molar-refractivity contribution in [3.63, 3.8) is 0 Å². The summed E-state index contributed by atoms with van der Waals surface area (Å²) in [5, 5.41) is 4.34. The van der Waals surface area contributed by atoms with Crippen molar-refractivity contribution >= 4 is 16.7 Å². The zero-order valence-electron chi connectivity index (χ0n) is 10.6. The fourth-order valence-corrected chi connectivity index (χ4v) is 2.83. The number of anilines is 1. The third-order valence-electron chi connectivity index (χ3n) is 4.16. The van der Waals surface area contributed by atoms with E-state index in [1.807, 2.05) is 0 Å². The van der Waals surface area contributed by atoms with Crippen molar-refractivity contribution in [3.05, 3.63) is 30.3 Å². The lowest BCUT2D eigenvalue weighted by Crippen LogP contribution is -2.25. The van der Waals surface area contributed by atoms with Gasteiger partial charge in [-0.05, 0) is 55.7 Å². The molecule has 4 rings (SSSR count). The van der Waals surface area contributed by atoms with Crippen LogP contribution in [0.2, 0.25) is 0 Å². The molecular formula is C15H16FN3. The van der Waals surface area contributed by atoms with Gasteiger partial charge in [0.15, 0.2) is 0 Å². The van der Waals surface area contributed by atoms with E-state index in [4.69, 9.17) is 0 Å². The molecule has 2 fully saturated rings. The van der Waals surface area contributed by atoms with Gasteiger partial charge in [-0.2, -0.15) is 0 Å². The summed E-state index contributed by atoms with van der Waals surface area (Å²) < 4.78 is 13.4. The van der Waals surface area contributed by atoms with Gasteiger partial charge in [0.05, 0.1) is 5.52 Å². The molecule has 2 aliphatic rings. The van der Waals surface area contributed by atoms with E-state index in [9.17, 15) is 4.39 Å². The number of halogens is 1. The SMILES string of the molecule is Fc1ccc2ncnc(NC(C3CC3)C3CC3)c2c1. The van der Waals surface area contributed by atoms with Crippen molar-refractivity contribution in [2.75, 3.05) is 5.32 Å². The molecule has 0 atom stereocenters. The number of nitrogens with zero attached hydrogens (tertiary/aromatic N) is 2. The summed E-state index contributed by atoms with van der Waals surface area (Å²) in [7, 11) is 0. The molecule has 2 aromatic rings. The summed E-state index contributed by atoms with van der Waals surface area (Å²) in [5.41, 5.74) is 0.796. The Morgan fingerprint density at radius 1 is 1.11 bits per heavy atom. The first kappa shape index (κ1) is 11.1. The van der Waals surface area contributed by atoms with Crippen molar-refractivity contribution in [2.24, 2.45) is 11.8 Å². The molecule has 0 radical (unpaired) electrons. The van der Waals surface area contributed by atoms with E-state index in [1.54, 1.807) is 12.4 Å². The van der Waals surface area contributed by atoms with Crippen LogP contribution < -0.4 is 5.32 Å². The molecule has 0 bridgehead atoms. The highest BCUT2D eigenvalue weighted by Crippen LogP contribution is 2.46. The minimum atomic E-state index is -0.236. The van der Waals surface area contributed by atoms with Crippen LogP contribution in [0.5, 0.6) is 0 Å². The molecule has 19 heavy (non-hydrogen) atoms. The van der Waals surface area contributed by atoms with E-state index in [2.05, 4.69) is 15.3 Å². The molecule has 98 valence electrons. The summed E-state index contributed by atoms with van der Waals surface area (Å²) in [6.45, 7) is 0. The minimum absolute atomic E-state index is 0.236. The number of benzene rings is 1. The van der Waals surface area contributed by atoms with Crippen LogP contribution in [0.4, 0.5) is 10.2 Å². The standard InChI is InChI=1S/C15H16FN3/c16-11-5-6-13-12(7-11)15(18-8-17-13)19-14(9-1-2-9)10-3-4-10/h5-10,14H,1-4H2,(H,17,18,19). The van der Waals surface area contributed by atoms with Gasteiger partial charge >= 0.3 is 0 Å². The molecule has 0 spiro atoms. The molecular weight excluding hydrogens is 241 g/mol. The number of rotatable bonds is 4. The largest absolute Gasteiger partial charge is 0.366 e. The van der Waals surface area contributed by atoms with Gasteiger partial charge in [0.1, 0.15) is 18.0 Å². The molecule has 2 aliphatic carbocycles. The summed E-state index contributed by atoms with van der Waals surface area (Å²) in [6, 6.07) is 5.19. The van der Waals surface area contributed by atoms with Crippen LogP contribution in [0.3, 0.4) is 0 Å². The van der Waals surface area contributed by atoms with Crippen LogP contribution in [-0.2, 0) is 0 Å². The molecule has 3 nitrogen and oxygen atoms in total. The van der Waals surface area contributed by atoms with Gasteiger partial charge < -0.3 is 5.32 Å². The first-order valence-electron chi connectivity index (χ1n) is 6.98. The first-order valence-corrected chi connectivity index (χ1v) is 6.98. The number of nitrogens with one attached hydrogen (secondary N) is 1. The van der Waals surface area contributed by atoms with Crippen LogP contribution in [0.15, 0.2) is 24.5 Å². The van der Waals surface area contributed by atoms with Crippen LogP contribution in [0, 0.1) is 17.7 Å². The van der Waals surface area contributed by atoms with Gasteiger partial charge in [-0.1, -0.05) is 0 Å². The Balaban J connectivity index is 1.71. The molecule has 0 unspecified atom stereocenters. The lowest BCUT2D eigenvalue weighted by molar-refractivity contribution is 0.566. The van der Waals surface area contributed by atoms with Gasteiger partial charge in [-0.3, -0.25) is 0 Å². The lowest BCUT2D eigenvalue weighted by atomic mass is 10.1. The Morgan fingerprint density at radius 2 is 1.84 bits per heavy atom. The summed E-state index contributed by atoms with van der Waals surface area (Å²) in [4.78, 5) is 8.51. The molecule has 4 heteroatoms. The zero-order valence-corrected chi connectivity index (χ0v) is 10.6. The van der Waals surface area contributed by atoms with Crippen molar-refractivity contribution in [1.82, 2.24) is 9.97 Å². The molecule has 1 aromatic carbocycles. The maximum Gasteiger partial charge on any atom is 0.137 e. The fourth-order valence-electron chi connectivity index (χ4n) is 2.83. The van der Waals surface area contributed by atoms with E-state index >= 15 is 0 Å². The van der Waals surface area contributed by atoms with E-state index < -0.39 is 0 Å². The van der Waals surface area contributed by atoms with Gasteiger partial charge in [0.2, 0.25) is 0 Å². The predicted octanol–water partition coefficient (Wildman–Crippen LogP) is 3.37. The van der Waals surface area contributed by atoms with Gasteiger partial charge in [0.25, 0.3) is 0 Å². The summed E-state index contributed by atoms with van der Waals surface area (Å²) >= 11 is 0. The second kappa shape index (κ2) is 4.15. The first-order chi connectivity index (χ1) is 9.31. The number of aromatic nitrogens is 2. The minimum Gasteiger partial charge on any atom is -0.366 e. The van der Waals surface area contributed by atoms with Crippen molar-refractivity contribution in [1.29, 1.82) is 0 Å². The summed E-state index contributed by atoms with van der Waals surface area (Å²) in [6.07, 6.45) is 6.80. The Labute approximate surface area is 111 Å². The monoisotopic (exact) mass is 257 g/mol. The molecule has 0 amide bonds. The van der Waals surface area contributed by atoms with Crippen molar-refractivity contribution in [3.8, 4) is 0 Å². The second-order valence-electron chi connectivity index (χ2n) is 5.73. The average Bonchev–Trinajstić information content (AvgIpc) is 3.28. The molecule has 1 heterocycles. The van der Waals surface area contributed by atoms with Crippen LogP contribution in [0.25, 0.3) is 10.9 Å². The van der Waals surface area contributed by atoms with Gasteiger partial charge in [-0.15, -0.1) is 0 Å². The normalized spacial score (nSPS) is 19.1. The molecule has 1 N–H and O–H groups in total. The molecule has 1 aromatic heterocycles. The van der Waals surface area contributed by atoms with Gasteiger partial charge in [-0.25, -0.2) is 14.4 Å². The van der Waals surface area contributed by atoms with Crippen molar-refractivity contribution < 1.29 is 4.39 Å². The average molecular weight is 257 g/mol. The number of fused-ring (bicyclic) bond motifs is 1. The number of hydrogen-bond acceptors (Lipinski definition) is 3. The number of hydrogen-bond donors (Lipinski definition) is 1. The highest BCUT2D eigenvalue weighted by molar-refractivity contribution is 5.88. The third kappa shape index (κ3) is 2.15. The highest BCUT2D eigenvalue weighted by atomic mass is 19.1. The fraction of sp³-hybridized carbons (Fsp3) is 0.467. The second-order valence-corrected chi connectivity index (χ2v) is 5.73. The maximum absolute atomic E-state index is 13.4. The van der Waals surface area contributed by atoms with Crippen LogP contribution in [-0.4, -0.2) is 16.0 Å². The Kier molecular flexibility index (Phi) is 2.43. The predicted molar refractivity (Wildman–Crippen MR) is 72.4 cm³/mol. The maximum atomic E-state index is 13.4.